The molecule has 4 heterocycles. The fourth-order valence-electron chi connectivity index (χ4n) is 7.56. The van der Waals surface area contributed by atoms with Crippen LogP contribution in [0.15, 0.2) is 179 Å². The fraction of sp³-hybridized carbons (Fsp3) is 0. The lowest BCUT2D eigenvalue weighted by molar-refractivity contribution is 0.670. The Balaban J connectivity index is 1.19. The second kappa shape index (κ2) is 12.1. The van der Waals surface area contributed by atoms with Crippen molar-refractivity contribution in [2.45, 2.75) is 0 Å². The maximum absolute atomic E-state index is 6.56. The van der Waals surface area contributed by atoms with Gasteiger partial charge in [-0.1, -0.05) is 127 Å². The third-order valence-electron chi connectivity index (χ3n) is 10.1. The number of para-hydroxylation sites is 4. The van der Waals surface area contributed by atoms with E-state index in [2.05, 4.69) is 78.9 Å². The second-order valence-electron chi connectivity index (χ2n) is 13.4. The lowest BCUT2D eigenvalue weighted by Crippen LogP contribution is -2.01. The minimum absolute atomic E-state index is 0.496. The number of rotatable bonds is 5. The summed E-state index contributed by atoms with van der Waals surface area (Å²) < 4.78 is 13.1. The van der Waals surface area contributed by atoms with E-state index in [1.165, 1.54) is 0 Å². The van der Waals surface area contributed by atoms with Crippen LogP contribution in [0.4, 0.5) is 0 Å². The van der Waals surface area contributed by atoms with Crippen molar-refractivity contribution in [3.05, 3.63) is 170 Å². The first-order valence-corrected chi connectivity index (χ1v) is 17.9. The average molecular weight is 693 g/mol. The van der Waals surface area contributed by atoms with Crippen LogP contribution in [0.3, 0.4) is 0 Å². The van der Waals surface area contributed by atoms with Gasteiger partial charge in [-0.25, -0.2) is 15.0 Å². The number of pyridine rings is 1. The number of hydrogen-bond donors (Lipinski definition) is 0. The maximum Gasteiger partial charge on any atom is 0.182 e. The molecule has 0 spiro atoms. The SMILES string of the molecule is c1ccc(-c2nc(-c3cc(-c4cccc5c4oc4ccccc45)cc(-c4cccc5c4oc4ccccc45)c3)nc(-c3cc4ccccc4cn3)n2)cc1. The van der Waals surface area contributed by atoms with Crippen molar-refractivity contribution in [3.8, 4) is 56.5 Å². The fourth-order valence-corrected chi connectivity index (χ4v) is 7.56. The normalized spacial score (nSPS) is 11.7. The van der Waals surface area contributed by atoms with Crippen LogP contribution in [0.25, 0.3) is 111 Å². The highest BCUT2D eigenvalue weighted by Crippen LogP contribution is 2.42. The molecule has 252 valence electrons. The zero-order chi connectivity index (χ0) is 35.6. The molecule has 0 N–H and O–H groups in total. The lowest BCUT2D eigenvalue weighted by Gasteiger charge is -2.13. The minimum Gasteiger partial charge on any atom is -0.455 e. The Bertz CT molecular complexity index is 3100. The van der Waals surface area contributed by atoms with Crippen molar-refractivity contribution >= 4 is 54.6 Å². The summed E-state index contributed by atoms with van der Waals surface area (Å²) in [7, 11) is 0. The van der Waals surface area contributed by atoms with Crippen molar-refractivity contribution in [1.82, 2.24) is 19.9 Å². The molecule has 0 saturated heterocycles. The lowest BCUT2D eigenvalue weighted by atomic mass is 9.94. The van der Waals surface area contributed by atoms with Crippen molar-refractivity contribution in [1.29, 1.82) is 0 Å². The third kappa shape index (κ3) is 4.96. The summed E-state index contributed by atoms with van der Waals surface area (Å²) >= 11 is 0. The molecule has 11 rings (SSSR count). The molecule has 0 fully saturated rings. The van der Waals surface area contributed by atoms with Crippen LogP contribution in [0.2, 0.25) is 0 Å². The van der Waals surface area contributed by atoms with Crippen molar-refractivity contribution in [2.24, 2.45) is 0 Å². The van der Waals surface area contributed by atoms with Gasteiger partial charge in [0, 0.05) is 55.4 Å². The molecule has 11 aromatic rings. The number of aromatic nitrogens is 4. The van der Waals surface area contributed by atoms with Crippen LogP contribution in [-0.4, -0.2) is 19.9 Å². The molecule has 0 radical (unpaired) electrons. The van der Waals surface area contributed by atoms with Gasteiger partial charge in [0.25, 0.3) is 0 Å². The van der Waals surface area contributed by atoms with Crippen LogP contribution in [-0.2, 0) is 0 Å². The molecule has 7 aromatic carbocycles. The quantitative estimate of drug-likeness (QED) is 0.179. The molecule has 0 aliphatic rings. The van der Waals surface area contributed by atoms with Gasteiger partial charge >= 0.3 is 0 Å². The molecule has 0 amide bonds. The van der Waals surface area contributed by atoms with E-state index in [0.29, 0.717) is 23.2 Å². The molecule has 0 atom stereocenters. The zero-order valence-electron chi connectivity index (χ0n) is 28.8. The highest BCUT2D eigenvalue weighted by Gasteiger charge is 2.20. The van der Waals surface area contributed by atoms with E-state index in [9.17, 15) is 0 Å². The number of benzene rings is 7. The largest absolute Gasteiger partial charge is 0.455 e. The monoisotopic (exact) mass is 692 g/mol. The van der Waals surface area contributed by atoms with Gasteiger partial charge in [0.1, 0.15) is 28.0 Å². The van der Waals surface area contributed by atoms with Gasteiger partial charge in [-0.05, 0) is 52.9 Å². The van der Waals surface area contributed by atoms with E-state index in [1.54, 1.807) is 0 Å². The minimum atomic E-state index is 0.496. The Morgan fingerprint density at radius 2 is 0.852 bits per heavy atom. The summed E-state index contributed by atoms with van der Waals surface area (Å²) in [5.74, 6) is 1.59. The van der Waals surface area contributed by atoms with E-state index in [4.69, 9.17) is 28.8 Å². The van der Waals surface area contributed by atoms with Gasteiger partial charge in [-0.3, -0.25) is 4.98 Å². The zero-order valence-corrected chi connectivity index (χ0v) is 28.8. The predicted molar refractivity (Wildman–Crippen MR) is 217 cm³/mol. The summed E-state index contributed by atoms with van der Waals surface area (Å²) in [6.07, 6.45) is 1.87. The predicted octanol–water partition coefficient (Wildman–Crippen LogP) is 12.6. The second-order valence-corrected chi connectivity index (χ2v) is 13.4. The van der Waals surface area contributed by atoms with Gasteiger partial charge in [-0.2, -0.15) is 0 Å². The summed E-state index contributed by atoms with van der Waals surface area (Å²) in [5.41, 5.74) is 9.60. The molecule has 0 aliphatic carbocycles. The number of furan rings is 2. The van der Waals surface area contributed by atoms with Gasteiger partial charge in [0.15, 0.2) is 17.5 Å². The van der Waals surface area contributed by atoms with Crippen molar-refractivity contribution in [2.75, 3.05) is 0 Å². The van der Waals surface area contributed by atoms with Gasteiger partial charge in [0.2, 0.25) is 0 Å². The maximum atomic E-state index is 6.56. The first-order valence-electron chi connectivity index (χ1n) is 17.9. The van der Waals surface area contributed by atoms with E-state index in [-0.39, 0.29) is 0 Å². The highest BCUT2D eigenvalue weighted by molar-refractivity contribution is 6.11. The van der Waals surface area contributed by atoms with Crippen LogP contribution in [0, 0.1) is 0 Å². The topological polar surface area (TPSA) is 77.8 Å². The first-order chi connectivity index (χ1) is 26.7. The van der Waals surface area contributed by atoms with Crippen molar-refractivity contribution in [3.63, 3.8) is 0 Å². The summed E-state index contributed by atoms with van der Waals surface area (Å²) in [5, 5.41) is 6.39. The molecule has 4 aromatic heterocycles. The molecule has 0 unspecified atom stereocenters. The summed E-state index contributed by atoms with van der Waals surface area (Å²) in [4.78, 5) is 20.1. The standard InChI is InChI=1S/C48H28N4O2/c1-2-12-29(13-3-1)46-50-47(52-48(51-46)41-27-30-14-4-5-15-31(30)28-49-41)34-25-32(35-18-10-20-39-37-16-6-8-22-42(37)53-44(35)39)24-33(26-34)36-19-11-21-40-38-17-7-9-23-43(38)54-45(36)40/h1-28H. The van der Waals surface area contributed by atoms with Crippen LogP contribution < -0.4 is 0 Å². The molecular weight excluding hydrogens is 665 g/mol. The molecule has 54 heavy (non-hydrogen) atoms. The smallest absolute Gasteiger partial charge is 0.182 e. The first kappa shape index (κ1) is 30.2. The average Bonchev–Trinajstić information content (AvgIpc) is 3.82. The summed E-state index contributed by atoms with van der Waals surface area (Å²) in [6, 6.07) is 55.7. The molecule has 0 bridgehead atoms. The van der Waals surface area contributed by atoms with Gasteiger partial charge in [-0.15, -0.1) is 0 Å². The van der Waals surface area contributed by atoms with E-state index < -0.39 is 0 Å². The molecule has 0 saturated carbocycles. The Hall–Kier alpha value is -7.44. The van der Waals surface area contributed by atoms with Crippen molar-refractivity contribution < 1.29 is 8.83 Å². The Morgan fingerprint density at radius 3 is 1.50 bits per heavy atom. The van der Waals surface area contributed by atoms with Crippen LogP contribution in [0.5, 0.6) is 0 Å². The number of fused-ring (bicyclic) bond motifs is 7. The molecular formula is C48H28N4O2. The number of hydrogen-bond acceptors (Lipinski definition) is 6. The Labute approximate surface area is 309 Å². The van der Waals surface area contributed by atoms with E-state index >= 15 is 0 Å². The molecule has 6 nitrogen and oxygen atoms in total. The highest BCUT2D eigenvalue weighted by atomic mass is 16.3. The third-order valence-corrected chi connectivity index (χ3v) is 10.1. The number of nitrogens with zero attached hydrogens (tertiary/aromatic N) is 4. The Morgan fingerprint density at radius 1 is 0.352 bits per heavy atom. The van der Waals surface area contributed by atoms with Gasteiger partial charge < -0.3 is 8.83 Å². The van der Waals surface area contributed by atoms with Crippen LogP contribution in [0.1, 0.15) is 0 Å². The molecule has 0 aliphatic heterocycles. The van der Waals surface area contributed by atoms with Gasteiger partial charge in [0.05, 0.1) is 0 Å². The Kier molecular flexibility index (Phi) is 6.75. The van der Waals surface area contributed by atoms with E-state index in [0.717, 1.165) is 88.0 Å². The van der Waals surface area contributed by atoms with Crippen LogP contribution >= 0.6 is 0 Å². The molecule has 6 heteroatoms. The summed E-state index contributed by atoms with van der Waals surface area (Å²) in [6.45, 7) is 0. The van der Waals surface area contributed by atoms with E-state index in [1.807, 2.05) is 91.1 Å².